The molecule has 6 heteroatoms. The van der Waals surface area contributed by atoms with Crippen LogP contribution >= 0.6 is 23.1 Å². The van der Waals surface area contributed by atoms with Gasteiger partial charge in [0, 0.05) is 16.3 Å². The fourth-order valence-electron chi connectivity index (χ4n) is 0.722. The summed E-state index contributed by atoms with van der Waals surface area (Å²) in [5, 5.41) is -0.683. The lowest BCUT2D eigenvalue weighted by atomic mass is 10.4. The first-order chi connectivity index (χ1) is 5.95. The quantitative estimate of drug-likeness (QED) is 0.765. The van der Waals surface area contributed by atoms with Crippen LogP contribution in [0.3, 0.4) is 0 Å². The second-order valence-corrected chi connectivity index (χ2v) is 4.68. The number of nitrogens with zero attached hydrogens (tertiary/aromatic N) is 1. The molecule has 1 unspecified atom stereocenters. The van der Waals surface area contributed by atoms with Crippen molar-refractivity contribution in [3.8, 4) is 0 Å². The number of thiazole rings is 1. The fraction of sp³-hybridized carbons (Fsp3) is 0.571. The number of halogens is 3. The summed E-state index contributed by atoms with van der Waals surface area (Å²) in [5.41, 5.74) is 0. The molecule has 1 nitrogen and oxygen atoms in total. The number of hydrogen-bond acceptors (Lipinski definition) is 3. The monoisotopic (exact) mass is 227 g/mol. The summed E-state index contributed by atoms with van der Waals surface area (Å²) in [4.78, 5) is 4.00. The summed E-state index contributed by atoms with van der Waals surface area (Å²) in [6.45, 7) is 1.86. The van der Waals surface area contributed by atoms with Crippen LogP contribution in [0, 0.1) is 0 Å². The molecule has 13 heavy (non-hydrogen) atoms. The molecule has 0 aliphatic heterocycles. The van der Waals surface area contributed by atoms with Crippen LogP contribution in [-0.4, -0.2) is 11.2 Å². The Labute approximate surface area is 82.4 Å². The molecule has 1 heterocycles. The van der Waals surface area contributed by atoms with Gasteiger partial charge < -0.3 is 0 Å². The van der Waals surface area contributed by atoms with Crippen molar-refractivity contribution in [2.24, 2.45) is 0 Å². The van der Waals surface area contributed by atoms with Crippen LogP contribution in [0.2, 0.25) is 0 Å². The van der Waals surface area contributed by atoms with E-state index in [-0.39, 0.29) is 5.25 Å². The summed E-state index contributed by atoms with van der Waals surface area (Å²) in [6, 6.07) is 0. The summed E-state index contributed by atoms with van der Waals surface area (Å²) < 4.78 is 36.3. The molecule has 1 aromatic rings. The number of thioether (sulfide) groups is 1. The Kier molecular flexibility index (Phi) is 3.23. The molecule has 0 aromatic carbocycles. The Balaban J connectivity index is 2.87. The highest BCUT2D eigenvalue weighted by atomic mass is 32.2. The van der Waals surface area contributed by atoms with Gasteiger partial charge in [-0.1, -0.05) is 0 Å². The average molecular weight is 227 g/mol. The first kappa shape index (κ1) is 10.8. The third kappa shape index (κ3) is 2.60. The molecular weight excluding hydrogens is 219 g/mol. The van der Waals surface area contributed by atoms with E-state index in [4.69, 9.17) is 0 Å². The number of aromatic nitrogens is 1. The highest BCUT2D eigenvalue weighted by molar-refractivity contribution is 7.98. The van der Waals surface area contributed by atoms with Gasteiger partial charge in [0.1, 0.15) is 0 Å². The largest absolute Gasteiger partial charge is 0.443 e. The molecule has 0 saturated heterocycles. The Bertz CT molecular complexity index is 282. The first-order valence-electron chi connectivity index (χ1n) is 3.51. The maximum Gasteiger partial charge on any atom is 0.443 e. The first-order valence-corrected chi connectivity index (χ1v) is 5.61. The smallest absolute Gasteiger partial charge is 0.240 e. The van der Waals surface area contributed by atoms with Gasteiger partial charge in [0.05, 0.1) is 0 Å². The second-order valence-electron chi connectivity index (χ2n) is 2.44. The lowest BCUT2D eigenvalue weighted by Crippen LogP contribution is -2.02. The molecule has 0 amide bonds. The van der Waals surface area contributed by atoms with Crippen molar-refractivity contribution in [3.05, 3.63) is 16.1 Å². The zero-order valence-corrected chi connectivity index (χ0v) is 8.69. The summed E-state index contributed by atoms with van der Waals surface area (Å²) >= 11 is 2.22. The van der Waals surface area contributed by atoms with Crippen LogP contribution in [0.15, 0.2) is 6.20 Å². The predicted octanol–water partition coefficient (Wildman–Crippen LogP) is 3.59. The molecule has 1 atom stereocenters. The van der Waals surface area contributed by atoms with Gasteiger partial charge in [-0.3, -0.25) is 0 Å². The van der Waals surface area contributed by atoms with Gasteiger partial charge in [-0.2, -0.15) is 24.9 Å². The number of hydrogen-bond donors (Lipinski definition) is 0. The molecule has 0 radical (unpaired) electrons. The van der Waals surface area contributed by atoms with E-state index >= 15 is 0 Å². The molecular formula is C7H8F3NS2. The fourth-order valence-corrected chi connectivity index (χ4v) is 2.16. The Morgan fingerprint density at radius 1 is 1.54 bits per heavy atom. The third-order valence-corrected chi connectivity index (χ3v) is 3.86. The number of alkyl halides is 3. The Hall–Kier alpha value is -0.230. The van der Waals surface area contributed by atoms with Gasteiger partial charge >= 0.3 is 6.18 Å². The molecule has 0 aliphatic rings. The van der Waals surface area contributed by atoms with Gasteiger partial charge in [-0.05, 0) is 13.2 Å². The van der Waals surface area contributed by atoms with Gasteiger partial charge in [0.15, 0.2) is 5.01 Å². The molecule has 0 fully saturated rings. The van der Waals surface area contributed by atoms with E-state index < -0.39 is 11.2 Å². The van der Waals surface area contributed by atoms with Crippen LogP contribution in [0.4, 0.5) is 13.2 Å². The molecule has 0 aliphatic carbocycles. The summed E-state index contributed by atoms with van der Waals surface area (Å²) in [6.07, 6.45) is -1.15. The van der Waals surface area contributed by atoms with E-state index in [9.17, 15) is 13.2 Å². The van der Waals surface area contributed by atoms with Crippen molar-refractivity contribution < 1.29 is 13.2 Å². The van der Waals surface area contributed by atoms with E-state index in [0.717, 1.165) is 0 Å². The van der Waals surface area contributed by atoms with Crippen molar-refractivity contribution in [1.29, 1.82) is 0 Å². The van der Waals surface area contributed by atoms with Crippen LogP contribution in [-0.2, 0) is 6.18 Å². The van der Waals surface area contributed by atoms with E-state index in [1.807, 2.05) is 13.2 Å². The standard InChI is InChI=1S/C7H8F3NS2/c1-4(12-2)5-3-11-6(13-5)7(8,9)10/h3-4H,1-2H3. The van der Waals surface area contributed by atoms with Gasteiger partial charge in [-0.15, -0.1) is 11.3 Å². The van der Waals surface area contributed by atoms with E-state index in [0.29, 0.717) is 16.2 Å². The van der Waals surface area contributed by atoms with Gasteiger partial charge in [-0.25, -0.2) is 4.98 Å². The molecule has 0 saturated carbocycles. The normalized spacial score (nSPS) is 14.5. The summed E-state index contributed by atoms with van der Waals surface area (Å²) in [7, 11) is 0. The minimum absolute atomic E-state index is 0.0774. The van der Waals surface area contributed by atoms with Crippen molar-refractivity contribution in [3.63, 3.8) is 0 Å². The zero-order valence-electron chi connectivity index (χ0n) is 7.05. The second kappa shape index (κ2) is 3.88. The number of rotatable bonds is 2. The molecule has 0 spiro atoms. The topological polar surface area (TPSA) is 12.9 Å². The van der Waals surface area contributed by atoms with Crippen molar-refractivity contribution in [2.45, 2.75) is 18.3 Å². The third-order valence-electron chi connectivity index (χ3n) is 1.52. The molecule has 1 rings (SSSR count). The van der Waals surface area contributed by atoms with Crippen molar-refractivity contribution in [2.75, 3.05) is 6.26 Å². The highest BCUT2D eigenvalue weighted by Gasteiger charge is 2.34. The SMILES string of the molecule is CSC(C)c1cnc(C(F)(F)F)s1. The maximum atomic E-state index is 12.1. The van der Waals surface area contributed by atoms with E-state index in [1.165, 1.54) is 18.0 Å². The van der Waals surface area contributed by atoms with Crippen molar-refractivity contribution in [1.82, 2.24) is 4.98 Å². The Morgan fingerprint density at radius 2 is 2.15 bits per heavy atom. The minimum Gasteiger partial charge on any atom is -0.240 e. The van der Waals surface area contributed by atoms with E-state index in [2.05, 4.69) is 4.98 Å². The van der Waals surface area contributed by atoms with Gasteiger partial charge in [0.25, 0.3) is 0 Å². The molecule has 1 aromatic heterocycles. The predicted molar refractivity (Wildman–Crippen MR) is 49.0 cm³/mol. The minimum atomic E-state index is -4.30. The molecule has 74 valence electrons. The lowest BCUT2D eigenvalue weighted by Gasteiger charge is -2.02. The van der Waals surface area contributed by atoms with Crippen LogP contribution in [0.25, 0.3) is 0 Å². The molecule has 0 N–H and O–H groups in total. The lowest BCUT2D eigenvalue weighted by molar-refractivity contribution is -0.137. The summed E-state index contributed by atoms with van der Waals surface area (Å²) in [5.74, 6) is 0. The highest BCUT2D eigenvalue weighted by Crippen LogP contribution is 2.37. The van der Waals surface area contributed by atoms with Crippen LogP contribution < -0.4 is 0 Å². The molecule has 0 bridgehead atoms. The van der Waals surface area contributed by atoms with E-state index in [1.54, 1.807) is 0 Å². The zero-order chi connectivity index (χ0) is 10.1. The van der Waals surface area contributed by atoms with Gasteiger partial charge in [0.2, 0.25) is 0 Å². The van der Waals surface area contributed by atoms with Crippen LogP contribution in [0.5, 0.6) is 0 Å². The average Bonchev–Trinajstić information content (AvgIpc) is 2.50. The Morgan fingerprint density at radius 3 is 2.54 bits per heavy atom. The van der Waals surface area contributed by atoms with Crippen molar-refractivity contribution >= 4 is 23.1 Å². The van der Waals surface area contributed by atoms with Crippen LogP contribution in [0.1, 0.15) is 22.1 Å². The maximum absolute atomic E-state index is 12.1.